The van der Waals surface area contributed by atoms with Gasteiger partial charge in [-0.2, -0.15) is 13.2 Å². The van der Waals surface area contributed by atoms with Gasteiger partial charge >= 0.3 is 30.0 Å². The third-order valence-corrected chi connectivity index (χ3v) is 2.38. The van der Waals surface area contributed by atoms with Crippen LogP contribution in [0.2, 0.25) is 0 Å². The summed E-state index contributed by atoms with van der Waals surface area (Å²) in [5, 5.41) is 9.84. The highest BCUT2D eigenvalue weighted by Crippen LogP contribution is 2.14. The number of carbonyl (C=O) groups excluding carboxylic acids is 3. The topological polar surface area (TPSA) is 145 Å². The molecule has 132 valence electrons. The van der Waals surface area contributed by atoms with Crippen LogP contribution in [0.3, 0.4) is 0 Å². The smallest absolute Gasteiger partial charge is 0.471 e. The number of alkyl halides is 3. The summed E-state index contributed by atoms with van der Waals surface area (Å²) in [6.07, 6.45) is -6.40. The van der Waals surface area contributed by atoms with Gasteiger partial charge in [0.25, 0.3) is 0 Å². The molecule has 0 aliphatic rings. The fourth-order valence-corrected chi connectivity index (χ4v) is 1.20. The minimum atomic E-state index is -5.29. The number of rotatable bonds is 7. The molecule has 0 saturated heterocycles. The second kappa shape index (κ2) is 8.31. The normalized spacial score (nSPS) is 15.0. The van der Waals surface area contributed by atoms with Gasteiger partial charge < -0.3 is 25.6 Å². The van der Waals surface area contributed by atoms with E-state index in [9.17, 15) is 32.3 Å². The number of amides is 1. The van der Waals surface area contributed by atoms with Crippen molar-refractivity contribution in [2.75, 3.05) is 6.61 Å². The first-order chi connectivity index (χ1) is 10.4. The minimum absolute atomic E-state index is 0.735. The molecule has 9 nitrogen and oxygen atoms in total. The highest BCUT2D eigenvalue weighted by atomic mass is 19.4. The molecular weight excluding hydrogens is 329 g/mol. The van der Waals surface area contributed by atoms with E-state index in [0.29, 0.717) is 0 Å². The Morgan fingerprint density at radius 1 is 1.26 bits per heavy atom. The number of esters is 2. The molecule has 0 bridgehead atoms. The van der Waals surface area contributed by atoms with Crippen LogP contribution >= 0.6 is 0 Å². The highest BCUT2D eigenvalue weighted by molar-refractivity contribution is 5.87. The van der Waals surface area contributed by atoms with Crippen molar-refractivity contribution in [1.82, 2.24) is 5.32 Å². The Morgan fingerprint density at radius 3 is 2.17 bits per heavy atom. The number of hydrogen-bond acceptors (Lipinski definition) is 7. The van der Waals surface area contributed by atoms with Crippen molar-refractivity contribution in [1.29, 1.82) is 0 Å². The average molecular weight is 344 g/mol. The first-order valence-electron chi connectivity index (χ1n) is 6.06. The number of carboxylic acids is 1. The Bertz CT molecular complexity index is 481. The second-order valence-corrected chi connectivity index (χ2v) is 4.33. The SMILES string of the molecule is CC(=O)O[C@H](C)[C@H](N)C(=O)OC[C@H](NC(=O)C(F)(F)F)C(=O)O. The van der Waals surface area contributed by atoms with Crippen molar-refractivity contribution in [3.05, 3.63) is 0 Å². The van der Waals surface area contributed by atoms with Gasteiger partial charge in [-0.1, -0.05) is 0 Å². The van der Waals surface area contributed by atoms with Gasteiger partial charge in [0, 0.05) is 6.92 Å². The van der Waals surface area contributed by atoms with Gasteiger partial charge in [-0.05, 0) is 6.92 Å². The van der Waals surface area contributed by atoms with E-state index in [1.807, 2.05) is 0 Å². The van der Waals surface area contributed by atoms with Crippen LogP contribution < -0.4 is 11.1 Å². The third-order valence-electron chi connectivity index (χ3n) is 2.38. The lowest BCUT2D eigenvalue weighted by Gasteiger charge is -2.20. The van der Waals surface area contributed by atoms with Gasteiger partial charge in [0.05, 0.1) is 0 Å². The van der Waals surface area contributed by atoms with Crippen molar-refractivity contribution in [3.8, 4) is 0 Å². The van der Waals surface area contributed by atoms with E-state index in [4.69, 9.17) is 10.8 Å². The molecule has 0 radical (unpaired) electrons. The molecule has 0 aliphatic carbocycles. The predicted molar refractivity (Wildman–Crippen MR) is 65.8 cm³/mol. The van der Waals surface area contributed by atoms with Crippen LogP contribution in [-0.4, -0.2) is 59.9 Å². The summed E-state index contributed by atoms with van der Waals surface area (Å²) in [5.74, 6) is -6.30. The third kappa shape index (κ3) is 7.44. The van der Waals surface area contributed by atoms with Gasteiger partial charge in [0.1, 0.15) is 18.8 Å². The van der Waals surface area contributed by atoms with Gasteiger partial charge in [0.2, 0.25) is 0 Å². The lowest BCUT2D eigenvalue weighted by molar-refractivity contribution is -0.176. The number of halogens is 3. The fourth-order valence-electron chi connectivity index (χ4n) is 1.20. The van der Waals surface area contributed by atoms with Crippen LogP contribution in [0.5, 0.6) is 0 Å². The largest absolute Gasteiger partial charge is 0.480 e. The predicted octanol–water partition coefficient (Wildman–Crippen LogP) is -1.06. The summed E-state index contributed by atoms with van der Waals surface area (Å²) in [6, 6.07) is -3.60. The Labute approximate surface area is 127 Å². The van der Waals surface area contributed by atoms with Gasteiger partial charge in [0.15, 0.2) is 6.04 Å². The van der Waals surface area contributed by atoms with Crippen molar-refractivity contribution in [3.63, 3.8) is 0 Å². The molecule has 0 heterocycles. The van der Waals surface area contributed by atoms with Gasteiger partial charge in [-0.3, -0.25) is 14.4 Å². The number of nitrogens with two attached hydrogens (primary N) is 1. The zero-order valence-corrected chi connectivity index (χ0v) is 12.0. The zero-order valence-electron chi connectivity index (χ0n) is 12.0. The first kappa shape index (κ1) is 20.6. The van der Waals surface area contributed by atoms with Crippen molar-refractivity contribution < 1.29 is 46.9 Å². The van der Waals surface area contributed by atoms with Crippen LogP contribution in [0.4, 0.5) is 13.2 Å². The summed E-state index contributed by atoms with van der Waals surface area (Å²) in [6.45, 7) is 1.23. The molecule has 3 atom stereocenters. The number of aliphatic carboxylic acids is 1. The van der Waals surface area contributed by atoms with Gasteiger partial charge in [-0.25, -0.2) is 4.79 Å². The molecular formula is C11H15F3N2O7. The number of ether oxygens (including phenoxy) is 2. The standard InChI is InChI=1S/C11H15F3N2O7/c1-4(23-5(2)17)7(15)9(20)22-3-6(8(18)19)16-10(21)11(12,13)14/h4,6-7H,3,15H2,1-2H3,(H,16,21)(H,18,19)/t4-,6+,7+/m1/s1. The number of carboxylic acid groups (broad SMARTS) is 1. The number of hydrogen-bond donors (Lipinski definition) is 3. The van der Waals surface area contributed by atoms with E-state index in [1.54, 1.807) is 0 Å². The van der Waals surface area contributed by atoms with E-state index < -0.39 is 54.8 Å². The molecule has 0 fully saturated rings. The Balaban J connectivity index is 4.64. The Morgan fingerprint density at radius 2 is 1.78 bits per heavy atom. The summed E-state index contributed by atoms with van der Waals surface area (Å²) in [5.41, 5.74) is 5.38. The quantitative estimate of drug-likeness (QED) is 0.496. The molecule has 0 aliphatic heterocycles. The van der Waals surface area contributed by atoms with E-state index in [-0.39, 0.29) is 0 Å². The molecule has 0 unspecified atom stereocenters. The van der Waals surface area contributed by atoms with Crippen LogP contribution in [0, 0.1) is 0 Å². The summed E-state index contributed by atoms with van der Waals surface area (Å²) >= 11 is 0. The molecule has 0 spiro atoms. The van der Waals surface area contributed by atoms with E-state index >= 15 is 0 Å². The fraction of sp³-hybridized carbons (Fsp3) is 0.636. The zero-order chi connectivity index (χ0) is 18.4. The second-order valence-electron chi connectivity index (χ2n) is 4.33. The first-order valence-corrected chi connectivity index (χ1v) is 6.06. The van der Waals surface area contributed by atoms with Crippen molar-refractivity contribution >= 4 is 23.8 Å². The number of carbonyl (C=O) groups is 4. The molecule has 4 N–H and O–H groups in total. The van der Waals surface area contributed by atoms with E-state index in [0.717, 1.165) is 12.2 Å². The molecule has 0 aromatic carbocycles. The van der Waals surface area contributed by atoms with Crippen LogP contribution in [-0.2, 0) is 28.7 Å². The summed E-state index contributed by atoms with van der Waals surface area (Å²) < 4.78 is 45.2. The molecule has 0 saturated carbocycles. The van der Waals surface area contributed by atoms with Crippen LogP contribution in [0.25, 0.3) is 0 Å². The maximum Gasteiger partial charge on any atom is 0.471 e. The van der Waals surface area contributed by atoms with Crippen LogP contribution in [0.1, 0.15) is 13.8 Å². The lowest BCUT2D eigenvalue weighted by atomic mass is 10.2. The average Bonchev–Trinajstić information content (AvgIpc) is 2.39. The Kier molecular flexibility index (Phi) is 7.46. The molecule has 0 aromatic rings. The maximum atomic E-state index is 12.0. The van der Waals surface area contributed by atoms with E-state index in [2.05, 4.69) is 9.47 Å². The van der Waals surface area contributed by atoms with Gasteiger partial charge in [-0.15, -0.1) is 0 Å². The molecule has 0 rings (SSSR count). The van der Waals surface area contributed by atoms with Crippen molar-refractivity contribution in [2.24, 2.45) is 5.73 Å². The maximum absolute atomic E-state index is 12.0. The van der Waals surface area contributed by atoms with Crippen LogP contribution in [0.15, 0.2) is 0 Å². The van der Waals surface area contributed by atoms with Crippen molar-refractivity contribution in [2.45, 2.75) is 38.2 Å². The molecule has 23 heavy (non-hydrogen) atoms. The lowest BCUT2D eigenvalue weighted by Crippen LogP contribution is -2.50. The number of nitrogens with one attached hydrogen (secondary N) is 1. The Hall–Kier alpha value is -2.37. The highest BCUT2D eigenvalue weighted by Gasteiger charge is 2.41. The molecule has 12 heteroatoms. The monoisotopic (exact) mass is 344 g/mol. The molecule has 0 aromatic heterocycles. The van der Waals surface area contributed by atoms with E-state index in [1.165, 1.54) is 6.92 Å². The molecule has 1 amide bonds. The summed E-state index contributed by atoms with van der Waals surface area (Å²) in [7, 11) is 0. The minimum Gasteiger partial charge on any atom is -0.480 e. The summed E-state index contributed by atoms with van der Waals surface area (Å²) in [4.78, 5) is 43.6.